The summed E-state index contributed by atoms with van der Waals surface area (Å²) in [6, 6.07) is 5.63. The molecule has 3 rings (SSSR count). The number of benzene rings is 1. The van der Waals surface area contributed by atoms with Crippen molar-refractivity contribution in [2.45, 2.75) is 23.8 Å². The fraction of sp³-hybridized carbons (Fsp3) is 0.235. The predicted octanol–water partition coefficient (Wildman–Crippen LogP) is 2.89. The summed E-state index contributed by atoms with van der Waals surface area (Å²) in [5.74, 6) is -0.131. The van der Waals surface area contributed by atoms with Crippen molar-refractivity contribution in [2.75, 3.05) is 7.11 Å². The maximum atomic E-state index is 13.4. The summed E-state index contributed by atoms with van der Waals surface area (Å²) < 4.78 is 46.3. The number of nitrogens with zero attached hydrogens (tertiary/aromatic N) is 1. The molecular formula is C17H17FN2O3S. The summed E-state index contributed by atoms with van der Waals surface area (Å²) in [6.45, 7) is 0. The van der Waals surface area contributed by atoms with Crippen LogP contribution in [0, 0.1) is 5.82 Å². The van der Waals surface area contributed by atoms with E-state index in [1.165, 1.54) is 31.5 Å². The number of rotatable bonds is 5. The van der Waals surface area contributed by atoms with Gasteiger partial charge in [0.25, 0.3) is 0 Å². The largest absolute Gasteiger partial charge is 0.496 e. The molecule has 5 nitrogen and oxygen atoms in total. The number of aromatic nitrogens is 1. The van der Waals surface area contributed by atoms with Crippen molar-refractivity contribution >= 4 is 10.0 Å². The van der Waals surface area contributed by atoms with Crippen LogP contribution in [0.5, 0.6) is 5.75 Å². The van der Waals surface area contributed by atoms with E-state index in [0.717, 1.165) is 19.0 Å². The van der Waals surface area contributed by atoms with E-state index >= 15 is 0 Å². The van der Waals surface area contributed by atoms with Crippen LogP contribution in [0.2, 0.25) is 0 Å². The summed E-state index contributed by atoms with van der Waals surface area (Å²) in [4.78, 5) is 3.91. The molecule has 0 radical (unpaired) electrons. The fourth-order valence-electron chi connectivity index (χ4n) is 2.63. The van der Waals surface area contributed by atoms with E-state index < -0.39 is 15.8 Å². The van der Waals surface area contributed by atoms with Gasteiger partial charge >= 0.3 is 0 Å². The first kappa shape index (κ1) is 16.6. The summed E-state index contributed by atoms with van der Waals surface area (Å²) >= 11 is 0. The van der Waals surface area contributed by atoms with Crippen molar-refractivity contribution in [1.29, 1.82) is 0 Å². The Morgan fingerprint density at radius 2 is 2.12 bits per heavy atom. The van der Waals surface area contributed by atoms with E-state index in [0.29, 0.717) is 16.9 Å². The predicted molar refractivity (Wildman–Crippen MR) is 88.7 cm³/mol. The quantitative estimate of drug-likeness (QED) is 0.844. The average Bonchev–Trinajstić information content (AvgIpc) is 3.06. The second-order valence-electron chi connectivity index (χ2n) is 5.49. The maximum Gasteiger partial charge on any atom is 0.241 e. The summed E-state index contributed by atoms with van der Waals surface area (Å²) in [6.07, 6.45) is 8.02. The number of nitrogens with one attached hydrogen (secondary N) is 1. The monoisotopic (exact) mass is 348 g/mol. The van der Waals surface area contributed by atoms with Crippen molar-refractivity contribution in [3.05, 3.63) is 54.6 Å². The van der Waals surface area contributed by atoms with Crippen LogP contribution in [0.25, 0.3) is 11.1 Å². The van der Waals surface area contributed by atoms with Crippen molar-refractivity contribution in [2.24, 2.45) is 0 Å². The first-order chi connectivity index (χ1) is 11.5. The smallest absolute Gasteiger partial charge is 0.241 e. The summed E-state index contributed by atoms with van der Waals surface area (Å²) in [7, 11) is -2.21. The molecule has 1 atom stereocenters. The Kier molecular flexibility index (Phi) is 4.64. The van der Waals surface area contributed by atoms with Gasteiger partial charge in [0.15, 0.2) is 0 Å². The van der Waals surface area contributed by atoms with Gasteiger partial charge in [-0.1, -0.05) is 12.2 Å². The second-order valence-corrected chi connectivity index (χ2v) is 7.20. The lowest BCUT2D eigenvalue weighted by Crippen LogP contribution is -2.32. The maximum absolute atomic E-state index is 13.4. The van der Waals surface area contributed by atoms with Crippen LogP contribution in [0.15, 0.2) is 53.7 Å². The number of hydrogen-bond donors (Lipinski definition) is 1. The third-order valence-corrected chi connectivity index (χ3v) is 5.31. The van der Waals surface area contributed by atoms with Crippen LogP contribution in [0.3, 0.4) is 0 Å². The van der Waals surface area contributed by atoms with Gasteiger partial charge in [-0.2, -0.15) is 0 Å². The first-order valence-electron chi connectivity index (χ1n) is 7.47. The van der Waals surface area contributed by atoms with Crippen molar-refractivity contribution in [1.82, 2.24) is 9.71 Å². The fourth-order valence-corrected chi connectivity index (χ4v) is 3.87. The Morgan fingerprint density at radius 3 is 2.79 bits per heavy atom. The minimum absolute atomic E-state index is 0.104. The van der Waals surface area contributed by atoms with E-state index in [1.807, 2.05) is 12.2 Å². The van der Waals surface area contributed by atoms with Crippen LogP contribution in [0.1, 0.15) is 12.8 Å². The van der Waals surface area contributed by atoms with Crippen LogP contribution in [0.4, 0.5) is 4.39 Å². The third kappa shape index (κ3) is 3.47. The highest BCUT2D eigenvalue weighted by molar-refractivity contribution is 7.89. The number of methoxy groups -OCH3 is 1. The van der Waals surface area contributed by atoms with Gasteiger partial charge in [0.2, 0.25) is 10.0 Å². The summed E-state index contributed by atoms with van der Waals surface area (Å²) in [5.41, 5.74) is 1.09. The minimum Gasteiger partial charge on any atom is -0.496 e. The normalized spacial score (nSPS) is 17.2. The molecule has 1 aromatic carbocycles. The second kappa shape index (κ2) is 6.70. The lowest BCUT2D eigenvalue weighted by molar-refractivity contribution is 0.415. The molecule has 126 valence electrons. The molecule has 0 saturated heterocycles. The zero-order valence-corrected chi connectivity index (χ0v) is 13.9. The molecule has 24 heavy (non-hydrogen) atoms. The third-order valence-electron chi connectivity index (χ3n) is 3.82. The van der Waals surface area contributed by atoms with Gasteiger partial charge in [-0.15, -0.1) is 0 Å². The average molecular weight is 348 g/mol. The minimum atomic E-state index is -3.65. The van der Waals surface area contributed by atoms with Gasteiger partial charge in [-0.05, 0) is 31.0 Å². The molecule has 0 spiro atoms. The van der Waals surface area contributed by atoms with E-state index in [-0.39, 0.29) is 10.9 Å². The van der Waals surface area contributed by atoms with Gasteiger partial charge in [-0.25, -0.2) is 17.5 Å². The lowest BCUT2D eigenvalue weighted by Gasteiger charge is -2.14. The topological polar surface area (TPSA) is 68.3 Å². The molecule has 2 aromatic rings. The van der Waals surface area contributed by atoms with E-state index in [9.17, 15) is 12.8 Å². The van der Waals surface area contributed by atoms with Crippen molar-refractivity contribution in [3.8, 4) is 16.9 Å². The molecule has 7 heteroatoms. The number of hydrogen-bond acceptors (Lipinski definition) is 4. The molecule has 1 aromatic heterocycles. The number of sulfonamides is 1. The Morgan fingerprint density at radius 1 is 1.29 bits per heavy atom. The van der Waals surface area contributed by atoms with Crippen molar-refractivity contribution < 1.29 is 17.5 Å². The molecule has 0 aliphatic heterocycles. The Hall–Kier alpha value is -2.25. The molecule has 1 aliphatic carbocycles. The molecule has 1 unspecified atom stereocenters. The first-order valence-corrected chi connectivity index (χ1v) is 8.96. The highest BCUT2D eigenvalue weighted by atomic mass is 32.2. The van der Waals surface area contributed by atoms with Crippen LogP contribution in [-0.4, -0.2) is 26.6 Å². The lowest BCUT2D eigenvalue weighted by atomic mass is 10.1. The molecule has 1 heterocycles. The highest BCUT2D eigenvalue weighted by Gasteiger charge is 2.21. The standard InChI is InChI=1S/C17H17FN2O3S/c1-23-17-9-15(24(21,22)20-14-4-2-3-5-14)6-7-16(17)12-8-13(18)11-19-10-12/h2,4,6-11,14,20H,3,5H2,1H3. The molecule has 0 saturated carbocycles. The van der Waals surface area contributed by atoms with Crippen LogP contribution < -0.4 is 9.46 Å². The Labute approximate surface area is 140 Å². The van der Waals surface area contributed by atoms with Gasteiger partial charge in [0, 0.05) is 29.4 Å². The van der Waals surface area contributed by atoms with Crippen LogP contribution >= 0.6 is 0 Å². The van der Waals surface area contributed by atoms with Gasteiger partial charge < -0.3 is 4.74 Å². The number of ether oxygens (including phenoxy) is 1. The highest BCUT2D eigenvalue weighted by Crippen LogP contribution is 2.32. The Bertz CT molecular complexity index is 881. The van der Waals surface area contributed by atoms with E-state index in [1.54, 1.807) is 6.07 Å². The molecule has 0 bridgehead atoms. The number of halogens is 1. The van der Waals surface area contributed by atoms with Gasteiger partial charge in [-0.3, -0.25) is 4.98 Å². The van der Waals surface area contributed by atoms with Crippen LogP contribution in [-0.2, 0) is 10.0 Å². The SMILES string of the molecule is COc1cc(S(=O)(=O)NC2C=CCC2)ccc1-c1cncc(F)c1. The zero-order valence-electron chi connectivity index (χ0n) is 13.1. The molecule has 0 amide bonds. The molecule has 0 fully saturated rings. The van der Waals surface area contributed by atoms with E-state index in [2.05, 4.69) is 9.71 Å². The molecule has 1 aliphatic rings. The van der Waals surface area contributed by atoms with Gasteiger partial charge in [0.05, 0.1) is 18.2 Å². The zero-order chi connectivity index (χ0) is 17.2. The number of pyridine rings is 1. The Balaban J connectivity index is 1.95. The van der Waals surface area contributed by atoms with Gasteiger partial charge in [0.1, 0.15) is 11.6 Å². The number of allylic oxidation sites excluding steroid dienone is 1. The molecule has 1 N–H and O–H groups in total. The van der Waals surface area contributed by atoms with Crippen molar-refractivity contribution in [3.63, 3.8) is 0 Å². The van der Waals surface area contributed by atoms with E-state index in [4.69, 9.17) is 4.74 Å². The molecular weight excluding hydrogens is 331 g/mol. The summed E-state index contributed by atoms with van der Waals surface area (Å²) in [5, 5.41) is 0.